The Kier molecular flexibility index (Phi) is 8.64. The number of hydrogen-bond acceptors (Lipinski definition) is 3. The SMILES string of the molecule is CN(C[C@@]1(c2cccc(Cl)c2)C[C@H]1CN1CCC(NC(=O)Cc2ccccc2)CC1)S(=O)c1ccccc1. The second-order valence-electron chi connectivity index (χ2n) is 10.7. The van der Waals surface area contributed by atoms with Gasteiger partial charge in [0.25, 0.3) is 0 Å². The number of benzene rings is 3. The number of halogens is 1. The summed E-state index contributed by atoms with van der Waals surface area (Å²) in [7, 11) is 0.738. The molecule has 0 radical (unpaired) electrons. The first-order valence-corrected chi connectivity index (χ1v) is 14.9. The van der Waals surface area contributed by atoms with Crippen LogP contribution in [0.25, 0.3) is 0 Å². The molecule has 0 spiro atoms. The summed E-state index contributed by atoms with van der Waals surface area (Å²) in [5.41, 5.74) is 2.21. The van der Waals surface area contributed by atoms with Gasteiger partial charge in [-0.15, -0.1) is 0 Å². The summed E-state index contributed by atoms with van der Waals surface area (Å²) in [5.74, 6) is 0.576. The first-order chi connectivity index (χ1) is 18.4. The normalized spacial score (nSPS) is 22.8. The van der Waals surface area contributed by atoms with Gasteiger partial charge in [-0.3, -0.25) is 4.79 Å². The lowest BCUT2D eigenvalue weighted by Gasteiger charge is -2.33. The first kappa shape index (κ1) is 27.1. The Morgan fingerprint density at radius 1 is 1.03 bits per heavy atom. The van der Waals surface area contributed by atoms with Gasteiger partial charge in [-0.25, -0.2) is 8.51 Å². The number of nitrogens with zero attached hydrogens (tertiary/aromatic N) is 2. The molecule has 5 nitrogen and oxygen atoms in total. The minimum Gasteiger partial charge on any atom is -0.353 e. The van der Waals surface area contributed by atoms with Crippen LogP contribution in [0.15, 0.2) is 89.8 Å². The summed E-state index contributed by atoms with van der Waals surface area (Å²) in [6.07, 6.45) is 3.42. The van der Waals surface area contributed by atoms with Crippen LogP contribution in [0.4, 0.5) is 0 Å². The molecule has 200 valence electrons. The van der Waals surface area contributed by atoms with Crippen LogP contribution in [-0.4, -0.2) is 58.6 Å². The molecule has 3 aromatic rings. The molecule has 3 atom stereocenters. The molecule has 1 aliphatic carbocycles. The predicted molar refractivity (Wildman–Crippen MR) is 154 cm³/mol. The van der Waals surface area contributed by atoms with Crippen molar-refractivity contribution in [2.24, 2.45) is 5.92 Å². The quantitative estimate of drug-likeness (QED) is 0.384. The van der Waals surface area contributed by atoms with Crippen LogP contribution in [0.5, 0.6) is 0 Å². The van der Waals surface area contributed by atoms with Crippen LogP contribution in [0, 0.1) is 5.92 Å². The molecular formula is C31H36ClN3O2S. The van der Waals surface area contributed by atoms with E-state index in [1.54, 1.807) is 0 Å². The molecule has 0 aromatic heterocycles. The van der Waals surface area contributed by atoms with E-state index in [-0.39, 0.29) is 17.4 Å². The number of nitrogens with one attached hydrogen (secondary N) is 1. The Morgan fingerprint density at radius 2 is 1.71 bits per heavy atom. The topological polar surface area (TPSA) is 52.6 Å². The van der Waals surface area contributed by atoms with Crippen LogP contribution >= 0.6 is 11.6 Å². The summed E-state index contributed by atoms with van der Waals surface area (Å²) in [5, 5.41) is 3.98. The Balaban J connectivity index is 1.18. The molecule has 1 heterocycles. The number of carbonyl (C=O) groups is 1. The molecule has 3 aromatic carbocycles. The third-order valence-corrected chi connectivity index (χ3v) is 9.61. The van der Waals surface area contributed by atoms with Gasteiger partial charge in [0.15, 0.2) is 0 Å². The fraction of sp³-hybridized carbons (Fsp3) is 0.387. The number of rotatable bonds is 10. The van der Waals surface area contributed by atoms with Crippen molar-refractivity contribution in [3.8, 4) is 0 Å². The van der Waals surface area contributed by atoms with Crippen molar-refractivity contribution < 1.29 is 9.00 Å². The maximum Gasteiger partial charge on any atom is 0.224 e. The van der Waals surface area contributed by atoms with E-state index in [0.29, 0.717) is 18.9 Å². The van der Waals surface area contributed by atoms with E-state index in [0.717, 1.165) is 54.4 Å². The maximum atomic E-state index is 13.3. The molecule has 38 heavy (non-hydrogen) atoms. The van der Waals surface area contributed by atoms with Gasteiger partial charge < -0.3 is 10.2 Å². The minimum absolute atomic E-state index is 0.0646. The standard InChI is InChI=1S/C31H36ClN3O2S/c1-34(38(37)29-13-6-3-7-14-29)23-31(25-11-8-12-27(32)20-25)21-26(31)22-35-17-15-28(16-18-35)33-30(36)19-24-9-4-2-5-10-24/h2-14,20,26,28H,15-19,21-23H2,1H3,(H,33,36)/t26-,31+,38?/m0/s1. The second kappa shape index (κ2) is 12.1. The van der Waals surface area contributed by atoms with E-state index in [1.165, 1.54) is 5.56 Å². The van der Waals surface area contributed by atoms with E-state index in [9.17, 15) is 9.00 Å². The highest BCUT2D eigenvalue weighted by Gasteiger charge is 2.56. The van der Waals surface area contributed by atoms with Gasteiger partial charge in [0.05, 0.1) is 11.3 Å². The van der Waals surface area contributed by atoms with Gasteiger partial charge in [-0.2, -0.15) is 0 Å². The van der Waals surface area contributed by atoms with Gasteiger partial charge in [0.1, 0.15) is 11.0 Å². The summed E-state index contributed by atoms with van der Waals surface area (Å²) >= 11 is 6.40. The van der Waals surface area contributed by atoms with E-state index in [1.807, 2.05) is 84.1 Å². The zero-order valence-corrected chi connectivity index (χ0v) is 23.5. The molecule has 1 N–H and O–H groups in total. The van der Waals surface area contributed by atoms with Crippen LogP contribution < -0.4 is 5.32 Å². The van der Waals surface area contributed by atoms with E-state index >= 15 is 0 Å². The van der Waals surface area contributed by atoms with Crippen molar-refractivity contribution in [2.75, 3.05) is 33.2 Å². The van der Waals surface area contributed by atoms with E-state index in [2.05, 4.69) is 22.3 Å². The van der Waals surface area contributed by atoms with Crippen LogP contribution in [0.1, 0.15) is 30.4 Å². The molecule has 1 amide bonds. The first-order valence-electron chi connectivity index (χ1n) is 13.4. The van der Waals surface area contributed by atoms with Crippen LogP contribution in [0.2, 0.25) is 5.02 Å². The molecule has 2 aliphatic rings. The monoisotopic (exact) mass is 549 g/mol. The number of likely N-dealkylation sites (N-methyl/N-ethyl adjacent to an activating group) is 1. The molecular weight excluding hydrogens is 514 g/mol. The maximum absolute atomic E-state index is 13.3. The Morgan fingerprint density at radius 3 is 2.39 bits per heavy atom. The highest BCUT2D eigenvalue weighted by molar-refractivity contribution is 7.82. The van der Waals surface area contributed by atoms with Gasteiger partial charge in [0, 0.05) is 49.7 Å². The van der Waals surface area contributed by atoms with Crippen LogP contribution in [0.3, 0.4) is 0 Å². The Bertz CT molecular complexity index is 1250. The van der Waals surface area contributed by atoms with Crippen LogP contribution in [-0.2, 0) is 27.6 Å². The molecule has 5 rings (SSSR count). The lowest BCUT2D eigenvalue weighted by atomic mass is 9.92. The Hall–Kier alpha value is -2.51. The predicted octanol–water partition coefficient (Wildman–Crippen LogP) is 5.08. The number of hydrogen-bond donors (Lipinski definition) is 1. The number of amides is 1. The van der Waals surface area contributed by atoms with Gasteiger partial charge in [-0.1, -0.05) is 72.3 Å². The highest BCUT2D eigenvalue weighted by atomic mass is 35.5. The molecule has 0 bridgehead atoms. The number of carbonyl (C=O) groups excluding carboxylic acids is 1. The van der Waals surface area contributed by atoms with Crippen molar-refractivity contribution in [1.82, 2.24) is 14.5 Å². The lowest BCUT2D eigenvalue weighted by Crippen LogP contribution is -2.46. The summed E-state index contributed by atoms with van der Waals surface area (Å²) < 4.78 is 15.2. The molecule has 7 heteroatoms. The smallest absolute Gasteiger partial charge is 0.224 e. The van der Waals surface area contributed by atoms with E-state index < -0.39 is 11.0 Å². The average Bonchev–Trinajstić information content (AvgIpc) is 3.63. The van der Waals surface area contributed by atoms with Crippen molar-refractivity contribution in [3.63, 3.8) is 0 Å². The fourth-order valence-corrected chi connectivity index (χ4v) is 7.15. The molecule has 1 saturated carbocycles. The third kappa shape index (κ3) is 6.55. The molecule has 1 aliphatic heterocycles. The van der Waals surface area contributed by atoms with Crippen molar-refractivity contribution in [2.45, 2.75) is 42.0 Å². The largest absolute Gasteiger partial charge is 0.353 e. The number of piperidine rings is 1. The summed E-state index contributed by atoms with van der Waals surface area (Å²) in [6.45, 7) is 3.67. The van der Waals surface area contributed by atoms with E-state index in [4.69, 9.17) is 11.6 Å². The summed E-state index contributed by atoms with van der Waals surface area (Å²) in [6, 6.07) is 28.0. The zero-order chi connectivity index (χ0) is 26.5. The Labute approximate surface area is 233 Å². The van der Waals surface area contributed by atoms with Gasteiger partial charge in [-0.05, 0) is 60.6 Å². The highest BCUT2D eigenvalue weighted by Crippen LogP contribution is 2.55. The fourth-order valence-electron chi connectivity index (χ4n) is 5.86. The summed E-state index contributed by atoms with van der Waals surface area (Å²) in [4.78, 5) is 15.9. The minimum atomic E-state index is -1.21. The lowest BCUT2D eigenvalue weighted by molar-refractivity contribution is -0.121. The van der Waals surface area contributed by atoms with Gasteiger partial charge >= 0.3 is 0 Å². The molecule has 1 saturated heterocycles. The van der Waals surface area contributed by atoms with Crippen molar-refractivity contribution in [3.05, 3.63) is 101 Å². The van der Waals surface area contributed by atoms with Gasteiger partial charge in [0.2, 0.25) is 5.91 Å². The molecule has 2 fully saturated rings. The third-order valence-electron chi connectivity index (χ3n) is 8.00. The average molecular weight is 550 g/mol. The van der Waals surface area contributed by atoms with Crippen molar-refractivity contribution >= 4 is 28.5 Å². The number of likely N-dealkylation sites (tertiary alicyclic amines) is 1. The molecule has 1 unspecified atom stereocenters. The van der Waals surface area contributed by atoms with Crippen molar-refractivity contribution in [1.29, 1.82) is 0 Å². The second-order valence-corrected chi connectivity index (χ2v) is 12.8. The zero-order valence-electron chi connectivity index (χ0n) is 21.9.